The minimum atomic E-state index is -0.334. The van der Waals surface area contributed by atoms with Crippen molar-refractivity contribution in [2.75, 3.05) is 0 Å². The Balaban J connectivity index is 1.93. The summed E-state index contributed by atoms with van der Waals surface area (Å²) in [4.78, 5) is 11.8. The molecule has 98 valence electrons. The third-order valence-corrected chi connectivity index (χ3v) is 3.61. The summed E-state index contributed by atoms with van der Waals surface area (Å²) >= 11 is 0. The van der Waals surface area contributed by atoms with Gasteiger partial charge in [-0.25, -0.2) is 4.39 Å². The van der Waals surface area contributed by atoms with E-state index in [-0.39, 0.29) is 23.3 Å². The van der Waals surface area contributed by atoms with E-state index < -0.39 is 0 Å². The van der Waals surface area contributed by atoms with Crippen LogP contribution < -0.4 is 11.1 Å². The average molecular weight is 250 g/mol. The monoisotopic (exact) mass is 250 g/mol. The van der Waals surface area contributed by atoms with Gasteiger partial charge >= 0.3 is 0 Å². The molecule has 1 saturated carbocycles. The lowest BCUT2D eigenvalue weighted by Gasteiger charge is -2.37. The highest BCUT2D eigenvalue weighted by atomic mass is 19.1. The van der Waals surface area contributed by atoms with Crippen molar-refractivity contribution in [1.82, 2.24) is 5.32 Å². The molecule has 1 atom stereocenters. The zero-order valence-corrected chi connectivity index (χ0v) is 10.6. The molecular weight excluding hydrogens is 231 g/mol. The highest BCUT2D eigenvalue weighted by molar-refractivity contribution is 5.77. The van der Waals surface area contributed by atoms with E-state index in [1.54, 1.807) is 25.1 Å². The maximum absolute atomic E-state index is 13.5. The first kappa shape index (κ1) is 13.0. The Morgan fingerprint density at radius 3 is 2.72 bits per heavy atom. The van der Waals surface area contributed by atoms with Crippen LogP contribution in [0.2, 0.25) is 0 Å². The number of rotatable bonds is 4. The molecule has 3 nitrogen and oxygen atoms in total. The number of hydrogen-bond donors (Lipinski definition) is 2. The fourth-order valence-corrected chi connectivity index (χ4v) is 2.32. The third-order valence-electron chi connectivity index (χ3n) is 3.61. The average Bonchev–Trinajstić information content (AvgIpc) is 2.27. The second-order valence-electron chi connectivity index (χ2n) is 5.20. The molecule has 1 aliphatic rings. The van der Waals surface area contributed by atoms with Gasteiger partial charge in [-0.2, -0.15) is 0 Å². The van der Waals surface area contributed by atoms with Gasteiger partial charge in [0.1, 0.15) is 5.82 Å². The van der Waals surface area contributed by atoms with Gasteiger partial charge in [0.05, 0.1) is 6.04 Å². The number of nitrogens with two attached hydrogens (primary N) is 1. The molecule has 1 unspecified atom stereocenters. The molecule has 2 rings (SSSR count). The minimum absolute atomic E-state index is 0.104. The van der Waals surface area contributed by atoms with Gasteiger partial charge in [0.15, 0.2) is 0 Å². The Kier molecular flexibility index (Phi) is 3.66. The second-order valence-corrected chi connectivity index (χ2v) is 5.20. The Bertz CT molecular complexity index is 443. The van der Waals surface area contributed by atoms with Crippen LogP contribution in [0, 0.1) is 5.82 Å². The summed E-state index contributed by atoms with van der Waals surface area (Å²) in [5, 5.41) is 2.80. The van der Waals surface area contributed by atoms with Gasteiger partial charge in [-0.15, -0.1) is 0 Å². The first-order chi connectivity index (χ1) is 8.50. The molecule has 1 fully saturated rings. The molecule has 1 aliphatic carbocycles. The maximum Gasteiger partial charge on any atom is 0.222 e. The summed E-state index contributed by atoms with van der Waals surface area (Å²) in [5.41, 5.74) is 6.18. The fraction of sp³-hybridized carbons (Fsp3) is 0.500. The maximum atomic E-state index is 13.5. The van der Waals surface area contributed by atoms with E-state index in [0.717, 1.165) is 19.3 Å². The molecular formula is C14H19FN2O. The van der Waals surface area contributed by atoms with E-state index in [9.17, 15) is 9.18 Å². The van der Waals surface area contributed by atoms with Crippen LogP contribution in [0.1, 0.15) is 44.2 Å². The molecule has 0 aliphatic heterocycles. The van der Waals surface area contributed by atoms with Crippen molar-refractivity contribution in [2.45, 2.75) is 44.2 Å². The number of nitrogens with one attached hydrogen (secondary N) is 1. The lowest BCUT2D eigenvalue weighted by Crippen LogP contribution is -2.50. The molecule has 1 aromatic rings. The summed E-state index contributed by atoms with van der Waals surface area (Å²) in [6, 6.07) is 6.15. The highest BCUT2D eigenvalue weighted by Gasteiger charge is 2.34. The van der Waals surface area contributed by atoms with Crippen LogP contribution >= 0.6 is 0 Å². The largest absolute Gasteiger partial charge is 0.349 e. The third kappa shape index (κ3) is 2.88. The zero-order chi connectivity index (χ0) is 13.2. The van der Waals surface area contributed by atoms with E-state index in [1.807, 2.05) is 0 Å². The van der Waals surface area contributed by atoms with Gasteiger partial charge in [-0.05, 0) is 32.3 Å². The van der Waals surface area contributed by atoms with Crippen LogP contribution in [-0.2, 0) is 4.79 Å². The van der Waals surface area contributed by atoms with Gasteiger partial charge in [-0.3, -0.25) is 4.79 Å². The topological polar surface area (TPSA) is 55.1 Å². The van der Waals surface area contributed by atoms with Crippen molar-refractivity contribution in [3.8, 4) is 0 Å². The Labute approximate surface area is 107 Å². The molecule has 1 aromatic carbocycles. The number of hydrogen-bond acceptors (Lipinski definition) is 2. The van der Waals surface area contributed by atoms with Gasteiger partial charge in [0.25, 0.3) is 0 Å². The summed E-state index contributed by atoms with van der Waals surface area (Å²) in [6.07, 6.45) is 3.21. The van der Waals surface area contributed by atoms with Crippen molar-refractivity contribution < 1.29 is 9.18 Å². The Morgan fingerprint density at radius 1 is 1.50 bits per heavy atom. The van der Waals surface area contributed by atoms with Crippen molar-refractivity contribution >= 4 is 5.91 Å². The van der Waals surface area contributed by atoms with Crippen LogP contribution in [0.3, 0.4) is 0 Å². The lowest BCUT2D eigenvalue weighted by atomic mass is 9.75. The molecule has 1 amide bonds. The second kappa shape index (κ2) is 5.06. The number of carbonyl (C=O) groups is 1. The van der Waals surface area contributed by atoms with Crippen LogP contribution in [0.25, 0.3) is 0 Å². The van der Waals surface area contributed by atoms with Crippen LogP contribution in [-0.4, -0.2) is 11.4 Å². The van der Waals surface area contributed by atoms with Crippen LogP contribution in [0.4, 0.5) is 4.39 Å². The van der Waals surface area contributed by atoms with Gasteiger partial charge in [0, 0.05) is 17.5 Å². The van der Waals surface area contributed by atoms with Crippen LogP contribution in [0.5, 0.6) is 0 Å². The number of halogens is 1. The molecule has 0 radical (unpaired) electrons. The zero-order valence-electron chi connectivity index (χ0n) is 10.6. The van der Waals surface area contributed by atoms with E-state index >= 15 is 0 Å². The van der Waals surface area contributed by atoms with Crippen molar-refractivity contribution in [1.29, 1.82) is 0 Å². The molecule has 18 heavy (non-hydrogen) atoms. The summed E-state index contributed by atoms with van der Waals surface area (Å²) in [7, 11) is 0. The predicted molar refractivity (Wildman–Crippen MR) is 68.3 cm³/mol. The van der Waals surface area contributed by atoms with Crippen molar-refractivity contribution in [2.24, 2.45) is 5.73 Å². The number of carbonyl (C=O) groups excluding carboxylic acids is 1. The molecule has 0 saturated heterocycles. The summed E-state index contributed by atoms with van der Waals surface area (Å²) in [5.74, 6) is -0.399. The summed E-state index contributed by atoms with van der Waals surface area (Å²) in [6.45, 7) is 1.78. The van der Waals surface area contributed by atoms with E-state index in [4.69, 9.17) is 5.73 Å². The van der Waals surface area contributed by atoms with E-state index in [0.29, 0.717) is 12.0 Å². The van der Waals surface area contributed by atoms with Crippen LogP contribution in [0.15, 0.2) is 24.3 Å². The molecule has 0 bridgehead atoms. The minimum Gasteiger partial charge on any atom is -0.349 e. The molecule has 0 spiro atoms. The smallest absolute Gasteiger partial charge is 0.222 e. The van der Waals surface area contributed by atoms with E-state index in [2.05, 4.69) is 5.32 Å². The Morgan fingerprint density at radius 2 is 2.17 bits per heavy atom. The van der Waals surface area contributed by atoms with E-state index in [1.165, 1.54) is 6.07 Å². The molecule has 3 N–H and O–H groups in total. The molecule has 0 heterocycles. The standard InChI is InChI=1S/C14H19FN2O/c1-10(11-5-2-3-6-12(11)15)17-13(18)9-14(16)7-4-8-14/h2-3,5-6,10H,4,7-9,16H2,1H3,(H,17,18). The highest BCUT2D eigenvalue weighted by Crippen LogP contribution is 2.32. The van der Waals surface area contributed by atoms with Gasteiger partial charge in [-0.1, -0.05) is 18.2 Å². The predicted octanol–water partition coefficient (Wildman–Crippen LogP) is 2.27. The van der Waals surface area contributed by atoms with Gasteiger partial charge < -0.3 is 11.1 Å². The first-order valence-electron chi connectivity index (χ1n) is 6.33. The number of benzene rings is 1. The van der Waals surface area contributed by atoms with Crippen molar-refractivity contribution in [3.63, 3.8) is 0 Å². The van der Waals surface area contributed by atoms with Gasteiger partial charge in [0.2, 0.25) is 5.91 Å². The first-order valence-corrected chi connectivity index (χ1v) is 6.33. The summed E-state index contributed by atoms with van der Waals surface area (Å²) < 4.78 is 13.5. The normalized spacial score (nSPS) is 18.8. The fourth-order valence-electron chi connectivity index (χ4n) is 2.32. The molecule has 4 heteroatoms. The van der Waals surface area contributed by atoms with Crippen molar-refractivity contribution in [3.05, 3.63) is 35.6 Å². The quantitative estimate of drug-likeness (QED) is 0.861. The molecule has 0 aromatic heterocycles. The lowest BCUT2D eigenvalue weighted by molar-refractivity contribution is -0.123. The SMILES string of the molecule is CC(NC(=O)CC1(N)CCC1)c1ccccc1F. The Hall–Kier alpha value is -1.42. The number of amides is 1.